The normalized spacial score (nSPS) is 15.0. The average Bonchev–Trinajstić information content (AvgIpc) is 2.53. The molecule has 1 aliphatic heterocycles. The minimum absolute atomic E-state index is 0.101. The van der Waals surface area contributed by atoms with Crippen molar-refractivity contribution in [3.8, 4) is 0 Å². The number of carbonyl (C=O) groups is 2. The first kappa shape index (κ1) is 16.9. The van der Waals surface area contributed by atoms with Crippen molar-refractivity contribution in [2.45, 2.75) is 26.4 Å². The van der Waals surface area contributed by atoms with Crippen LogP contribution in [0.2, 0.25) is 0 Å². The van der Waals surface area contributed by atoms with Gasteiger partial charge in [0, 0.05) is 25.0 Å². The van der Waals surface area contributed by atoms with E-state index in [2.05, 4.69) is 15.3 Å². The van der Waals surface area contributed by atoms with Crippen LogP contribution in [0.4, 0.5) is 4.79 Å². The molecule has 23 heavy (non-hydrogen) atoms. The Hall–Kier alpha value is -2.48. The second-order valence-corrected chi connectivity index (χ2v) is 5.92. The molecule has 8 heteroatoms. The lowest BCUT2D eigenvalue weighted by Crippen LogP contribution is -2.39. The van der Waals surface area contributed by atoms with Gasteiger partial charge in [0.25, 0.3) is 5.91 Å². The van der Waals surface area contributed by atoms with Crippen molar-refractivity contribution in [2.75, 3.05) is 20.2 Å². The molecule has 0 spiro atoms. The number of ether oxygens (including phenoxy) is 1. The maximum Gasteiger partial charge on any atom is 0.434 e. The Labute approximate surface area is 134 Å². The first-order chi connectivity index (χ1) is 10.8. The van der Waals surface area contributed by atoms with Crippen LogP contribution in [0.5, 0.6) is 0 Å². The molecular formula is C15H20N4O4. The van der Waals surface area contributed by atoms with Gasteiger partial charge in [-0.3, -0.25) is 9.63 Å². The van der Waals surface area contributed by atoms with E-state index in [1.54, 1.807) is 33.2 Å². The van der Waals surface area contributed by atoms with E-state index in [4.69, 9.17) is 9.57 Å². The van der Waals surface area contributed by atoms with Crippen molar-refractivity contribution in [2.24, 2.45) is 0 Å². The third-order valence-corrected chi connectivity index (χ3v) is 2.93. The van der Waals surface area contributed by atoms with Crippen molar-refractivity contribution in [3.63, 3.8) is 0 Å². The molecule has 1 aromatic rings. The summed E-state index contributed by atoms with van der Waals surface area (Å²) in [5.74, 6) is -0.245. The molecule has 1 aliphatic rings. The lowest BCUT2D eigenvalue weighted by Gasteiger charge is -2.28. The topological polar surface area (TPSA) is 93.7 Å². The van der Waals surface area contributed by atoms with Gasteiger partial charge >= 0.3 is 6.09 Å². The highest BCUT2D eigenvalue weighted by atomic mass is 16.7. The number of nitrogens with zero attached hydrogens (tertiary/aromatic N) is 3. The minimum atomic E-state index is -0.575. The molecule has 1 N–H and O–H groups in total. The van der Waals surface area contributed by atoms with Crippen molar-refractivity contribution in [1.82, 2.24) is 20.3 Å². The van der Waals surface area contributed by atoms with Gasteiger partial charge in [0.05, 0.1) is 6.54 Å². The minimum Gasteiger partial charge on any atom is -0.442 e. The van der Waals surface area contributed by atoms with Gasteiger partial charge in [-0.2, -0.15) is 5.06 Å². The number of hydrogen-bond acceptors (Lipinski definition) is 6. The van der Waals surface area contributed by atoms with Gasteiger partial charge in [-0.15, -0.1) is 0 Å². The molecule has 0 radical (unpaired) electrons. The van der Waals surface area contributed by atoms with E-state index in [9.17, 15) is 9.59 Å². The predicted molar refractivity (Wildman–Crippen MR) is 82.3 cm³/mol. The first-order valence-corrected chi connectivity index (χ1v) is 7.17. The Morgan fingerprint density at radius 3 is 2.43 bits per heavy atom. The van der Waals surface area contributed by atoms with Crippen LogP contribution < -0.4 is 5.32 Å². The van der Waals surface area contributed by atoms with Crippen molar-refractivity contribution < 1.29 is 19.2 Å². The molecule has 0 aliphatic carbocycles. The molecule has 0 unspecified atom stereocenters. The zero-order valence-corrected chi connectivity index (χ0v) is 13.6. The van der Waals surface area contributed by atoms with Crippen LogP contribution in [0, 0.1) is 0 Å². The fourth-order valence-electron chi connectivity index (χ4n) is 1.82. The van der Waals surface area contributed by atoms with Gasteiger partial charge < -0.3 is 10.1 Å². The summed E-state index contributed by atoms with van der Waals surface area (Å²) in [5.41, 5.74) is 1.00. The Morgan fingerprint density at radius 2 is 1.96 bits per heavy atom. The highest BCUT2D eigenvalue weighted by molar-refractivity contribution is 5.90. The van der Waals surface area contributed by atoms with Crippen LogP contribution in [-0.4, -0.2) is 52.8 Å². The van der Waals surface area contributed by atoms with Gasteiger partial charge in [0.15, 0.2) is 0 Å². The van der Waals surface area contributed by atoms with Crippen molar-refractivity contribution in [1.29, 1.82) is 0 Å². The molecule has 2 amide bonds. The third-order valence-electron chi connectivity index (χ3n) is 2.93. The summed E-state index contributed by atoms with van der Waals surface area (Å²) in [6.07, 6.45) is 4.41. The van der Waals surface area contributed by atoms with Crippen LogP contribution in [0.3, 0.4) is 0 Å². The molecule has 0 fully saturated rings. The lowest BCUT2D eigenvalue weighted by atomic mass is 10.1. The highest BCUT2D eigenvalue weighted by Gasteiger charge is 2.25. The molecule has 1 aromatic heterocycles. The summed E-state index contributed by atoms with van der Waals surface area (Å²) in [7, 11) is 1.52. The quantitative estimate of drug-likeness (QED) is 0.885. The second-order valence-electron chi connectivity index (χ2n) is 5.92. The maximum absolute atomic E-state index is 11.9. The molecule has 0 aromatic carbocycles. The number of hydrogen-bond donors (Lipinski definition) is 1. The van der Waals surface area contributed by atoms with Crippen molar-refractivity contribution >= 4 is 17.6 Å². The SMILES string of the molecule is CNC(=O)c1ncc(C2=CCN(C(=O)OC(C)(C)C)OC2)cn1. The molecule has 0 saturated carbocycles. The fourth-order valence-corrected chi connectivity index (χ4v) is 1.82. The maximum atomic E-state index is 11.9. The summed E-state index contributed by atoms with van der Waals surface area (Å²) in [6.45, 7) is 5.84. The summed E-state index contributed by atoms with van der Waals surface area (Å²) < 4.78 is 5.24. The van der Waals surface area contributed by atoms with Gasteiger partial charge in [-0.1, -0.05) is 6.08 Å². The smallest absolute Gasteiger partial charge is 0.434 e. The Morgan fingerprint density at radius 1 is 1.30 bits per heavy atom. The molecule has 124 valence electrons. The standard InChI is InChI=1S/C15H20N4O4/c1-15(2,3)23-14(21)19-6-5-10(9-22-19)11-7-17-12(18-8-11)13(20)16-4/h5,7-8H,6,9H2,1-4H3,(H,16,20). The Bertz CT molecular complexity index is 619. The average molecular weight is 320 g/mol. The molecule has 0 saturated heterocycles. The zero-order valence-electron chi connectivity index (χ0n) is 13.6. The number of amides is 2. The molecule has 8 nitrogen and oxygen atoms in total. The first-order valence-electron chi connectivity index (χ1n) is 7.17. The molecule has 0 bridgehead atoms. The van der Waals surface area contributed by atoms with E-state index in [-0.39, 0.29) is 24.9 Å². The van der Waals surface area contributed by atoms with Gasteiger partial charge in [-0.25, -0.2) is 14.8 Å². The molecular weight excluding hydrogens is 300 g/mol. The number of carbonyl (C=O) groups excluding carboxylic acids is 2. The predicted octanol–water partition coefficient (Wildman–Crippen LogP) is 1.40. The molecule has 2 heterocycles. The number of hydroxylamine groups is 2. The Kier molecular flexibility index (Phi) is 4.95. The van der Waals surface area contributed by atoms with Crippen molar-refractivity contribution in [3.05, 3.63) is 29.9 Å². The summed E-state index contributed by atoms with van der Waals surface area (Å²) in [4.78, 5) is 36.7. The van der Waals surface area contributed by atoms with Gasteiger partial charge in [-0.05, 0) is 26.3 Å². The lowest BCUT2D eigenvalue weighted by molar-refractivity contribution is -0.133. The second kappa shape index (κ2) is 6.74. The van der Waals surface area contributed by atoms with E-state index in [1.165, 1.54) is 7.05 Å². The monoisotopic (exact) mass is 320 g/mol. The number of rotatable bonds is 2. The van der Waals surface area contributed by atoms with Crippen LogP contribution in [0.1, 0.15) is 37.0 Å². The Balaban J connectivity index is 2.01. The van der Waals surface area contributed by atoms with Crippen LogP contribution in [0.25, 0.3) is 5.57 Å². The van der Waals surface area contributed by atoms with E-state index < -0.39 is 11.7 Å². The molecule has 0 atom stereocenters. The van der Waals surface area contributed by atoms with Crippen LogP contribution >= 0.6 is 0 Å². The van der Waals surface area contributed by atoms with Crippen LogP contribution in [0.15, 0.2) is 18.5 Å². The zero-order chi connectivity index (χ0) is 17.0. The van der Waals surface area contributed by atoms with Crippen LogP contribution in [-0.2, 0) is 9.57 Å². The highest BCUT2D eigenvalue weighted by Crippen LogP contribution is 2.19. The largest absolute Gasteiger partial charge is 0.442 e. The third kappa shape index (κ3) is 4.49. The summed E-state index contributed by atoms with van der Waals surface area (Å²) in [6, 6.07) is 0. The van der Waals surface area contributed by atoms with Gasteiger partial charge in [0.2, 0.25) is 5.82 Å². The summed E-state index contributed by atoms with van der Waals surface area (Å²) in [5, 5.41) is 3.62. The van der Waals surface area contributed by atoms with Gasteiger partial charge in [0.1, 0.15) is 12.2 Å². The number of aromatic nitrogens is 2. The number of nitrogens with one attached hydrogen (secondary N) is 1. The van der Waals surface area contributed by atoms with E-state index in [0.717, 1.165) is 16.2 Å². The molecule has 2 rings (SSSR count). The fraction of sp³-hybridized carbons (Fsp3) is 0.467. The van der Waals surface area contributed by atoms with E-state index in [1.807, 2.05) is 6.08 Å². The van der Waals surface area contributed by atoms with E-state index in [0.29, 0.717) is 0 Å². The van der Waals surface area contributed by atoms with E-state index >= 15 is 0 Å². The summed E-state index contributed by atoms with van der Waals surface area (Å²) >= 11 is 0.